The molecule has 2 aromatic rings. The molecule has 0 aromatic heterocycles. The maximum atomic E-state index is 12.8. The van der Waals surface area contributed by atoms with Gasteiger partial charge >= 0.3 is 0 Å². The van der Waals surface area contributed by atoms with E-state index in [1.54, 1.807) is 16.4 Å². The van der Waals surface area contributed by atoms with Crippen molar-refractivity contribution in [2.24, 2.45) is 0 Å². The minimum atomic E-state index is -3.44. The summed E-state index contributed by atoms with van der Waals surface area (Å²) in [6, 6.07) is 12.8. The fraction of sp³-hybridized carbons (Fsp3) is 0.409. The standard InChI is InChI=1S/C22H29N3O3S/c1-17-4-6-21(7-5-17)29(27,28)25-12-10-24(11-13-25)9-8-23-22(26)20-15-18(2)14-19(3)16-20/h4-7,14-16H,8-13H2,1-3H3,(H,23,26). The van der Waals surface area contributed by atoms with E-state index in [0.717, 1.165) is 16.7 Å². The van der Waals surface area contributed by atoms with Gasteiger partial charge in [0.15, 0.2) is 0 Å². The maximum absolute atomic E-state index is 12.8. The highest BCUT2D eigenvalue weighted by atomic mass is 32.2. The van der Waals surface area contributed by atoms with Gasteiger partial charge in [0.1, 0.15) is 0 Å². The van der Waals surface area contributed by atoms with Crippen molar-refractivity contribution in [3.05, 3.63) is 64.7 Å². The molecule has 0 spiro atoms. The number of amides is 1. The number of nitrogens with zero attached hydrogens (tertiary/aromatic N) is 2. The zero-order chi connectivity index (χ0) is 21.0. The third-order valence-electron chi connectivity index (χ3n) is 5.19. The van der Waals surface area contributed by atoms with E-state index in [1.807, 2.05) is 51.1 Å². The predicted octanol–water partition coefficient (Wildman–Crippen LogP) is 2.35. The van der Waals surface area contributed by atoms with Crippen LogP contribution in [0.2, 0.25) is 0 Å². The highest BCUT2D eigenvalue weighted by molar-refractivity contribution is 7.89. The molecule has 0 aliphatic carbocycles. The smallest absolute Gasteiger partial charge is 0.251 e. The molecular weight excluding hydrogens is 386 g/mol. The van der Waals surface area contributed by atoms with Crippen LogP contribution in [0.4, 0.5) is 0 Å². The van der Waals surface area contributed by atoms with E-state index in [1.165, 1.54) is 0 Å². The second kappa shape index (κ2) is 9.07. The number of nitrogens with one attached hydrogen (secondary N) is 1. The number of hydrogen-bond acceptors (Lipinski definition) is 4. The molecule has 1 N–H and O–H groups in total. The van der Waals surface area contributed by atoms with Crippen molar-refractivity contribution in [2.75, 3.05) is 39.3 Å². The van der Waals surface area contributed by atoms with Gasteiger partial charge in [-0.1, -0.05) is 34.9 Å². The normalized spacial score (nSPS) is 16.0. The average Bonchev–Trinajstić information content (AvgIpc) is 2.68. The van der Waals surface area contributed by atoms with E-state index >= 15 is 0 Å². The average molecular weight is 416 g/mol. The Hall–Kier alpha value is -2.22. The van der Waals surface area contributed by atoms with E-state index in [0.29, 0.717) is 49.7 Å². The molecule has 6 nitrogen and oxygen atoms in total. The number of sulfonamides is 1. The second-order valence-electron chi connectivity index (χ2n) is 7.69. The molecule has 7 heteroatoms. The van der Waals surface area contributed by atoms with Crippen molar-refractivity contribution in [3.63, 3.8) is 0 Å². The Morgan fingerprint density at radius 2 is 1.48 bits per heavy atom. The predicted molar refractivity (Wildman–Crippen MR) is 115 cm³/mol. The number of piperazine rings is 1. The molecule has 1 aliphatic rings. The van der Waals surface area contributed by atoms with Crippen LogP contribution in [0.1, 0.15) is 27.0 Å². The first-order valence-electron chi connectivity index (χ1n) is 9.91. The van der Waals surface area contributed by atoms with Crippen LogP contribution in [-0.4, -0.2) is 62.8 Å². The van der Waals surface area contributed by atoms with Crippen LogP contribution in [-0.2, 0) is 10.0 Å². The summed E-state index contributed by atoms with van der Waals surface area (Å²) < 4.78 is 27.1. The van der Waals surface area contributed by atoms with Crippen LogP contribution in [0.5, 0.6) is 0 Å². The van der Waals surface area contributed by atoms with Crippen molar-refractivity contribution in [1.82, 2.24) is 14.5 Å². The lowest BCUT2D eigenvalue weighted by molar-refractivity contribution is 0.0945. The van der Waals surface area contributed by atoms with E-state index in [-0.39, 0.29) is 5.91 Å². The summed E-state index contributed by atoms with van der Waals surface area (Å²) in [6.07, 6.45) is 0. The topological polar surface area (TPSA) is 69.7 Å². The van der Waals surface area contributed by atoms with Gasteiger partial charge in [0, 0.05) is 44.8 Å². The van der Waals surface area contributed by atoms with Crippen LogP contribution in [0.3, 0.4) is 0 Å². The van der Waals surface area contributed by atoms with E-state index in [4.69, 9.17) is 0 Å². The molecule has 0 saturated carbocycles. The molecular formula is C22H29N3O3S. The number of carbonyl (C=O) groups excluding carboxylic acids is 1. The van der Waals surface area contributed by atoms with Crippen LogP contribution in [0.25, 0.3) is 0 Å². The molecule has 1 aliphatic heterocycles. The first-order valence-corrected chi connectivity index (χ1v) is 11.4. The SMILES string of the molecule is Cc1ccc(S(=O)(=O)N2CCN(CCNC(=O)c3cc(C)cc(C)c3)CC2)cc1. The van der Waals surface area contributed by atoms with Gasteiger partial charge in [-0.15, -0.1) is 0 Å². The third-order valence-corrected chi connectivity index (χ3v) is 7.10. The van der Waals surface area contributed by atoms with Crippen molar-refractivity contribution >= 4 is 15.9 Å². The molecule has 1 heterocycles. The van der Waals surface area contributed by atoms with Crippen LogP contribution in [0.15, 0.2) is 47.4 Å². The molecule has 0 bridgehead atoms. The molecule has 2 aromatic carbocycles. The summed E-state index contributed by atoms with van der Waals surface area (Å²) in [5, 5.41) is 2.96. The van der Waals surface area contributed by atoms with Crippen molar-refractivity contribution in [1.29, 1.82) is 0 Å². The Balaban J connectivity index is 1.47. The second-order valence-corrected chi connectivity index (χ2v) is 9.63. The molecule has 3 rings (SSSR count). The summed E-state index contributed by atoms with van der Waals surface area (Å²) in [5.74, 6) is -0.0719. The molecule has 1 fully saturated rings. The quantitative estimate of drug-likeness (QED) is 0.786. The number of hydrogen-bond donors (Lipinski definition) is 1. The summed E-state index contributed by atoms with van der Waals surface area (Å²) in [4.78, 5) is 14.9. The van der Waals surface area contributed by atoms with Crippen molar-refractivity contribution < 1.29 is 13.2 Å². The first-order chi connectivity index (χ1) is 13.8. The Bertz CT molecular complexity index is 943. The van der Waals surface area contributed by atoms with E-state index in [9.17, 15) is 13.2 Å². The van der Waals surface area contributed by atoms with Gasteiger partial charge in [0.05, 0.1) is 4.90 Å². The fourth-order valence-corrected chi connectivity index (χ4v) is 5.01. The molecule has 29 heavy (non-hydrogen) atoms. The highest BCUT2D eigenvalue weighted by Gasteiger charge is 2.28. The largest absolute Gasteiger partial charge is 0.351 e. The van der Waals surface area contributed by atoms with Gasteiger partial charge < -0.3 is 5.32 Å². The van der Waals surface area contributed by atoms with Gasteiger partial charge in [0.2, 0.25) is 10.0 Å². The van der Waals surface area contributed by atoms with Gasteiger partial charge in [0.25, 0.3) is 5.91 Å². The molecule has 0 unspecified atom stereocenters. The Morgan fingerprint density at radius 3 is 2.07 bits per heavy atom. The van der Waals surface area contributed by atoms with Crippen LogP contribution >= 0.6 is 0 Å². The maximum Gasteiger partial charge on any atom is 0.251 e. The highest BCUT2D eigenvalue weighted by Crippen LogP contribution is 2.18. The minimum absolute atomic E-state index is 0.0719. The zero-order valence-electron chi connectivity index (χ0n) is 17.3. The molecule has 1 saturated heterocycles. The lowest BCUT2D eigenvalue weighted by Crippen LogP contribution is -2.50. The summed E-state index contributed by atoms with van der Waals surface area (Å²) in [7, 11) is -3.44. The van der Waals surface area contributed by atoms with Gasteiger partial charge in [-0.2, -0.15) is 4.31 Å². The molecule has 0 atom stereocenters. The monoisotopic (exact) mass is 415 g/mol. The van der Waals surface area contributed by atoms with Gasteiger partial charge in [-0.25, -0.2) is 8.42 Å². The number of aryl methyl sites for hydroxylation is 3. The lowest BCUT2D eigenvalue weighted by atomic mass is 10.1. The Kier molecular flexibility index (Phi) is 6.72. The van der Waals surface area contributed by atoms with Gasteiger partial charge in [-0.05, 0) is 45.0 Å². The number of benzene rings is 2. The zero-order valence-corrected chi connectivity index (χ0v) is 18.1. The molecule has 1 amide bonds. The van der Waals surface area contributed by atoms with E-state index in [2.05, 4.69) is 10.2 Å². The third kappa shape index (κ3) is 5.44. The Morgan fingerprint density at radius 1 is 0.897 bits per heavy atom. The number of carbonyl (C=O) groups is 1. The summed E-state index contributed by atoms with van der Waals surface area (Å²) >= 11 is 0. The van der Waals surface area contributed by atoms with Gasteiger partial charge in [-0.3, -0.25) is 9.69 Å². The molecule has 0 radical (unpaired) electrons. The minimum Gasteiger partial charge on any atom is -0.351 e. The lowest BCUT2D eigenvalue weighted by Gasteiger charge is -2.34. The van der Waals surface area contributed by atoms with Crippen LogP contribution in [0, 0.1) is 20.8 Å². The first kappa shape index (κ1) is 21.5. The number of rotatable bonds is 6. The summed E-state index contributed by atoms with van der Waals surface area (Å²) in [6.45, 7) is 9.37. The Labute approximate surface area is 173 Å². The van der Waals surface area contributed by atoms with Crippen LogP contribution < -0.4 is 5.32 Å². The van der Waals surface area contributed by atoms with E-state index < -0.39 is 10.0 Å². The molecule has 156 valence electrons. The van der Waals surface area contributed by atoms with Crippen molar-refractivity contribution in [2.45, 2.75) is 25.7 Å². The summed E-state index contributed by atoms with van der Waals surface area (Å²) in [5.41, 5.74) is 3.86. The fourth-order valence-electron chi connectivity index (χ4n) is 3.59. The van der Waals surface area contributed by atoms with Crippen molar-refractivity contribution in [3.8, 4) is 0 Å².